The molecule has 0 radical (unpaired) electrons. The Morgan fingerprint density at radius 2 is 2.14 bits per heavy atom. The number of oxazole rings is 1. The molecule has 1 heterocycles. The first-order valence-electron chi connectivity index (χ1n) is 7.81. The molecule has 1 aromatic heterocycles. The molecule has 2 aromatic rings. The Morgan fingerprint density at radius 3 is 2.82 bits per heavy atom. The number of hydrogen-bond donors (Lipinski definition) is 2. The van der Waals surface area contributed by atoms with Crippen molar-refractivity contribution in [1.29, 1.82) is 0 Å². The minimum Gasteiger partial charge on any atom is -0.444 e. The zero-order chi connectivity index (χ0) is 15.4. The van der Waals surface area contributed by atoms with Gasteiger partial charge in [0.1, 0.15) is 12.0 Å². The van der Waals surface area contributed by atoms with Crippen LogP contribution in [0, 0.1) is 5.92 Å². The highest BCUT2D eigenvalue weighted by atomic mass is 16.3. The summed E-state index contributed by atoms with van der Waals surface area (Å²) < 4.78 is 5.53. The summed E-state index contributed by atoms with van der Waals surface area (Å²) in [7, 11) is 0. The molecule has 116 valence electrons. The number of nitrogens with one attached hydrogen (secondary N) is 2. The summed E-state index contributed by atoms with van der Waals surface area (Å²) in [6.07, 6.45) is 2.89. The summed E-state index contributed by atoms with van der Waals surface area (Å²) in [5, 5.41) is 6.69. The van der Waals surface area contributed by atoms with E-state index in [1.54, 1.807) is 6.26 Å². The molecule has 0 spiro atoms. The maximum atomic E-state index is 5.53. The van der Waals surface area contributed by atoms with Crippen LogP contribution in [-0.4, -0.2) is 23.5 Å². The maximum absolute atomic E-state index is 5.53. The Kier molecular flexibility index (Phi) is 4.42. The van der Waals surface area contributed by atoms with E-state index in [1.807, 2.05) is 30.3 Å². The fourth-order valence-electron chi connectivity index (χ4n) is 2.27. The van der Waals surface area contributed by atoms with Gasteiger partial charge in [0.25, 0.3) is 0 Å². The molecule has 2 N–H and O–H groups in total. The third-order valence-corrected chi connectivity index (χ3v) is 3.75. The second kappa shape index (κ2) is 6.64. The molecule has 22 heavy (non-hydrogen) atoms. The largest absolute Gasteiger partial charge is 0.444 e. The second-order valence-corrected chi connectivity index (χ2v) is 5.67. The van der Waals surface area contributed by atoms with E-state index in [1.165, 1.54) is 6.42 Å². The van der Waals surface area contributed by atoms with Crippen molar-refractivity contribution < 1.29 is 4.42 Å². The van der Waals surface area contributed by atoms with Gasteiger partial charge in [-0.25, -0.2) is 9.98 Å². The highest BCUT2D eigenvalue weighted by molar-refractivity contribution is 5.80. The molecular weight excluding hydrogens is 276 g/mol. The van der Waals surface area contributed by atoms with Gasteiger partial charge in [0, 0.05) is 18.2 Å². The fourth-order valence-corrected chi connectivity index (χ4v) is 2.27. The highest BCUT2D eigenvalue weighted by Crippen LogP contribution is 2.28. The molecule has 0 saturated heterocycles. The van der Waals surface area contributed by atoms with Crippen LogP contribution in [0.25, 0.3) is 11.5 Å². The molecule has 5 heteroatoms. The molecule has 0 bridgehead atoms. The summed E-state index contributed by atoms with van der Waals surface area (Å²) in [6.45, 7) is 5.66. The molecule has 2 atom stereocenters. The highest BCUT2D eigenvalue weighted by Gasteiger charge is 2.33. The average molecular weight is 298 g/mol. The van der Waals surface area contributed by atoms with Crippen LogP contribution in [0.15, 0.2) is 46.0 Å². The van der Waals surface area contributed by atoms with Crippen molar-refractivity contribution in [3.05, 3.63) is 42.3 Å². The van der Waals surface area contributed by atoms with Gasteiger partial charge in [-0.1, -0.05) is 25.1 Å². The zero-order valence-corrected chi connectivity index (χ0v) is 13.0. The van der Waals surface area contributed by atoms with E-state index in [0.29, 0.717) is 18.5 Å². The van der Waals surface area contributed by atoms with Crippen LogP contribution in [0.2, 0.25) is 0 Å². The molecule has 1 saturated carbocycles. The first-order valence-corrected chi connectivity index (χ1v) is 7.81. The van der Waals surface area contributed by atoms with Crippen LogP contribution in [0.4, 0.5) is 0 Å². The second-order valence-electron chi connectivity index (χ2n) is 5.67. The normalized spacial score (nSPS) is 20.7. The van der Waals surface area contributed by atoms with Crippen molar-refractivity contribution in [3.63, 3.8) is 0 Å². The topological polar surface area (TPSA) is 62.5 Å². The van der Waals surface area contributed by atoms with E-state index >= 15 is 0 Å². The first-order chi connectivity index (χ1) is 10.8. The number of guanidine groups is 1. The molecule has 2 unspecified atom stereocenters. The molecule has 1 aliphatic carbocycles. The summed E-state index contributed by atoms with van der Waals surface area (Å²) >= 11 is 0. The Morgan fingerprint density at radius 1 is 1.36 bits per heavy atom. The summed E-state index contributed by atoms with van der Waals surface area (Å²) in [5.41, 5.74) is 1.81. The van der Waals surface area contributed by atoms with Gasteiger partial charge in [0.2, 0.25) is 5.89 Å². The third kappa shape index (κ3) is 3.67. The number of nitrogens with zero attached hydrogens (tertiary/aromatic N) is 2. The zero-order valence-electron chi connectivity index (χ0n) is 13.0. The molecule has 0 amide bonds. The van der Waals surface area contributed by atoms with Gasteiger partial charge in [-0.2, -0.15) is 0 Å². The van der Waals surface area contributed by atoms with E-state index in [0.717, 1.165) is 29.7 Å². The van der Waals surface area contributed by atoms with Gasteiger partial charge < -0.3 is 15.1 Å². The molecule has 0 aliphatic heterocycles. The van der Waals surface area contributed by atoms with Gasteiger partial charge in [-0.15, -0.1) is 0 Å². The fraction of sp³-hybridized carbons (Fsp3) is 0.412. The Balaban J connectivity index is 1.64. The van der Waals surface area contributed by atoms with Gasteiger partial charge >= 0.3 is 0 Å². The number of hydrogen-bond acceptors (Lipinski definition) is 3. The van der Waals surface area contributed by atoms with Crippen molar-refractivity contribution >= 4 is 5.96 Å². The first kappa shape index (κ1) is 14.6. The Hall–Kier alpha value is -2.30. The van der Waals surface area contributed by atoms with Crippen molar-refractivity contribution in [3.8, 4) is 11.5 Å². The van der Waals surface area contributed by atoms with Crippen molar-refractivity contribution in [2.75, 3.05) is 6.54 Å². The lowest BCUT2D eigenvalue weighted by molar-refractivity contribution is 0.572. The Labute approximate surface area is 130 Å². The van der Waals surface area contributed by atoms with Gasteiger partial charge in [0.05, 0.1) is 6.54 Å². The minimum absolute atomic E-state index is 0.507. The van der Waals surface area contributed by atoms with Crippen molar-refractivity contribution in [2.24, 2.45) is 10.9 Å². The molecular formula is C17H22N4O. The predicted molar refractivity (Wildman–Crippen MR) is 87.5 cm³/mol. The minimum atomic E-state index is 0.507. The van der Waals surface area contributed by atoms with E-state index in [4.69, 9.17) is 4.42 Å². The van der Waals surface area contributed by atoms with Gasteiger partial charge in [-0.05, 0) is 31.4 Å². The predicted octanol–water partition coefficient (Wildman–Crippen LogP) is 2.81. The van der Waals surface area contributed by atoms with Crippen molar-refractivity contribution in [2.45, 2.75) is 32.9 Å². The van der Waals surface area contributed by atoms with Crippen LogP contribution >= 0.6 is 0 Å². The van der Waals surface area contributed by atoms with Crippen LogP contribution < -0.4 is 10.6 Å². The van der Waals surface area contributed by atoms with Crippen LogP contribution in [-0.2, 0) is 6.54 Å². The van der Waals surface area contributed by atoms with E-state index in [9.17, 15) is 0 Å². The standard InChI is InChI=1S/C17H22N4O/c1-3-18-17(21-15-9-12(15)2)19-10-14-11-22-16(20-14)13-7-5-4-6-8-13/h4-8,11-12,15H,3,9-10H2,1-2H3,(H2,18,19,21). The molecule has 1 aromatic carbocycles. The monoisotopic (exact) mass is 298 g/mol. The summed E-state index contributed by atoms with van der Waals surface area (Å²) in [6, 6.07) is 10.4. The lowest BCUT2D eigenvalue weighted by Gasteiger charge is -2.09. The summed E-state index contributed by atoms with van der Waals surface area (Å²) in [4.78, 5) is 9.07. The molecule has 3 rings (SSSR count). The number of aliphatic imine (C=N–C) groups is 1. The van der Waals surface area contributed by atoms with E-state index < -0.39 is 0 Å². The van der Waals surface area contributed by atoms with Crippen LogP contribution in [0.1, 0.15) is 26.0 Å². The Bertz CT molecular complexity index is 635. The lowest BCUT2D eigenvalue weighted by atomic mass is 10.2. The van der Waals surface area contributed by atoms with E-state index in [-0.39, 0.29) is 0 Å². The SMILES string of the molecule is CCNC(=NCc1coc(-c2ccccc2)n1)NC1CC1C. The summed E-state index contributed by atoms with van der Waals surface area (Å²) in [5.74, 6) is 2.22. The third-order valence-electron chi connectivity index (χ3n) is 3.75. The van der Waals surface area contributed by atoms with Gasteiger partial charge in [-0.3, -0.25) is 0 Å². The van der Waals surface area contributed by atoms with E-state index in [2.05, 4.69) is 34.5 Å². The number of aromatic nitrogens is 1. The smallest absolute Gasteiger partial charge is 0.226 e. The number of rotatable bonds is 5. The number of benzene rings is 1. The lowest BCUT2D eigenvalue weighted by Crippen LogP contribution is -2.39. The molecule has 1 aliphatic rings. The molecule has 1 fully saturated rings. The quantitative estimate of drug-likeness (QED) is 0.658. The van der Waals surface area contributed by atoms with Crippen molar-refractivity contribution in [1.82, 2.24) is 15.6 Å². The average Bonchev–Trinajstić information content (AvgIpc) is 3.03. The van der Waals surface area contributed by atoms with Crippen LogP contribution in [0.3, 0.4) is 0 Å². The van der Waals surface area contributed by atoms with Gasteiger partial charge in [0.15, 0.2) is 5.96 Å². The van der Waals surface area contributed by atoms with Crippen LogP contribution in [0.5, 0.6) is 0 Å². The maximum Gasteiger partial charge on any atom is 0.226 e. The molecule has 5 nitrogen and oxygen atoms in total.